The number of carbonyl (C=O) groups excluding carboxylic acids is 1. The second kappa shape index (κ2) is 8.33. The van der Waals surface area contributed by atoms with Crippen LogP contribution in [0.3, 0.4) is 0 Å². The summed E-state index contributed by atoms with van der Waals surface area (Å²) in [6.45, 7) is 7.79. The molecule has 1 saturated heterocycles. The Morgan fingerprint density at radius 3 is 2.64 bits per heavy atom. The molecule has 0 spiro atoms. The molecule has 126 valence electrons. The molecule has 7 heteroatoms. The van der Waals surface area contributed by atoms with Crippen LogP contribution < -0.4 is 10.6 Å². The van der Waals surface area contributed by atoms with Gasteiger partial charge < -0.3 is 20.3 Å². The summed E-state index contributed by atoms with van der Waals surface area (Å²) >= 11 is 0. The van der Waals surface area contributed by atoms with Gasteiger partial charge >= 0.3 is 0 Å². The van der Waals surface area contributed by atoms with Crippen molar-refractivity contribution in [1.29, 1.82) is 0 Å². The third kappa shape index (κ3) is 5.81. The number of guanidine groups is 1. The summed E-state index contributed by atoms with van der Waals surface area (Å²) in [5, 5.41) is 6.74. The number of rotatable bonds is 6. The third-order valence-electron chi connectivity index (χ3n) is 4.13. The van der Waals surface area contributed by atoms with Crippen molar-refractivity contribution in [1.82, 2.24) is 20.4 Å². The van der Waals surface area contributed by atoms with Crippen LogP contribution in [0.4, 0.5) is 0 Å². The Labute approximate surface area is 133 Å². The number of nitrogens with one attached hydrogen (secondary N) is 2. The zero-order valence-corrected chi connectivity index (χ0v) is 14.0. The molecule has 0 aromatic heterocycles. The van der Waals surface area contributed by atoms with Crippen LogP contribution in [0.25, 0.3) is 0 Å². The van der Waals surface area contributed by atoms with E-state index in [0.717, 1.165) is 45.4 Å². The van der Waals surface area contributed by atoms with Gasteiger partial charge in [-0.3, -0.25) is 9.69 Å². The van der Waals surface area contributed by atoms with Gasteiger partial charge in [0, 0.05) is 46.3 Å². The molecule has 2 atom stereocenters. The SMILES string of the molecule is CC1CC1NC(=NCC(=O)N(C)C)NCCN1CCOCC1. The second-order valence-electron chi connectivity index (χ2n) is 6.30. The lowest BCUT2D eigenvalue weighted by Gasteiger charge is -2.26. The Hall–Kier alpha value is -1.34. The second-order valence-corrected chi connectivity index (χ2v) is 6.30. The van der Waals surface area contributed by atoms with Crippen molar-refractivity contribution in [3.63, 3.8) is 0 Å². The van der Waals surface area contributed by atoms with Crippen LogP contribution in [0, 0.1) is 5.92 Å². The molecule has 2 rings (SSSR count). The summed E-state index contributed by atoms with van der Waals surface area (Å²) in [5.74, 6) is 1.45. The maximum absolute atomic E-state index is 11.7. The molecule has 7 nitrogen and oxygen atoms in total. The maximum Gasteiger partial charge on any atom is 0.243 e. The van der Waals surface area contributed by atoms with E-state index in [1.54, 1.807) is 19.0 Å². The number of aliphatic imine (C=N–C) groups is 1. The van der Waals surface area contributed by atoms with Crippen LogP contribution in [0.1, 0.15) is 13.3 Å². The molecule has 2 aliphatic rings. The highest BCUT2D eigenvalue weighted by molar-refractivity contribution is 5.85. The van der Waals surface area contributed by atoms with Gasteiger partial charge in [-0.15, -0.1) is 0 Å². The van der Waals surface area contributed by atoms with Crippen LogP contribution >= 0.6 is 0 Å². The summed E-state index contributed by atoms with van der Waals surface area (Å²) in [7, 11) is 3.50. The molecule has 1 heterocycles. The Morgan fingerprint density at radius 2 is 2.05 bits per heavy atom. The van der Waals surface area contributed by atoms with Gasteiger partial charge in [-0.2, -0.15) is 0 Å². The Bertz CT molecular complexity index is 393. The quantitative estimate of drug-likeness (QED) is 0.504. The lowest BCUT2D eigenvalue weighted by atomic mass is 10.4. The fraction of sp³-hybridized carbons (Fsp3) is 0.867. The standard InChI is InChI=1S/C15H29N5O2/c1-12-10-13(12)18-15(17-11-14(21)19(2)3)16-4-5-20-6-8-22-9-7-20/h12-13H,4-11H2,1-3H3,(H2,16,17,18). The number of carbonyl (C=O) groups is 1. The highest BCUT2D eigenvalue weighted by atomic mass is 16.5. The summed E-state index contributed by atoms with van der Waals surface area (Å²) in [4.78, 5) is 20.0. The number of ether oxygens (including phenoxy) is 1. The molecule has 1 aliphatic heterocycles. The molecule has 0 bridgehead atoms. The molecule has 22 heavy (non-hydrogen) atoms. The molecule has 0 aromatic rings. The van der Waals surface area contributed by atoms with Crippen molar-refractivity contribution in [3.8, 4) is 0 Å². The Kier molecular flexibility index (Phi) is 6.45. The minimum absolute atomic E-state index is 0.0122. The highest BCUT2D eigenvalue weighted by Crippen LogP contribution is 2.28. The molecule has 1 saturated carbocycles. The van der Waals surface area contributed by atoms with Crippen molar-refractivity contribution < 1.29 is 9.53 Å². The van der Waals surface area contributed by atoms with Gasteiger partial charge in [0.1, 0.15) is 6.54 Å². The number of likely N-dealkylation sites (N-methyl/N-ethyl adjacent to an activating group) is 1. The molecular formula is C15H29N5O2. The molecule has 0 radical (unpaired) electrons. The first-order valence-electron chi connectivity index (χ1n) is 8.11. The number of morpholine rings is 1. The molecule has 1 amide bonds. The van der Waals surface area contributed by atoms with Crippen molar-refractivity contribution in [2.24, 2.45) is 10.9 Å². The molecule has 2 N–H and O–H groups in total. The molecule has 0 aromatic carbocycles. The maximum atomic E-state index is 11.7. The van der Waals surface area contributed by atoms with Crippen LogP contribution in [0.5, 0.6) is 0 Å². The molecule has 2 unspecified atom stereocenters. The van der Waals surface area contributed by atoms with E-state index in [9.17, 15) is 4.79 Å². The molecular weight excluding hydrogens is 282 g/mol. The van der Waals surface area contributed by atoms with Crippen LogP contribution in [0.2, 0.25) is 0 Å². The van der Waals surface area contributed by atoms with Crippen molar-refractivity contribution in [2.45, 2.75) is 19.4 Å². The van der Waals surface area contributed by atoms with Gasteiger partial charge in [0.15, 0.2) is 5.96 Å². The van der Waals surface area contributed by atoms with Crippen LogP contribution in [-0.4, -0.2) is 87.7 Å². The van der Waals surface area contributed by atoms with Crippen LogP contribution in [0.15, 0.2) is 4.99 Å². The fourth-order valence-corrected chi connectivity index (χ4v) is 2.30. The predicted octanol–water partition coefficient (Wildman–Crippen LogP) is -0.650. The fourth-order valence-electron chi connectivity index (χ4n) is 2.30. The average molecular weight is 311 g/mol. The number of hydrogen-bond donors (Lipinski definition) is 2. The van der Waals surface area contributed by atoms with Crippen molar-refractivity contribution in [2.75, 3.05) is 60.0 Å². The Morgan fingerprint density at radius 1 is 1.36 bits per heavy atom. The van der Waals surface area contributed by atoms with Gasteiger partial charge in [-0.05, 0) is 12.3 Å². The van der Waals surface area contributed by atoms with Gasteiger partial charge in [-0.1, -0.05) is 6.92 Å². The minimum atomic E-state index is 0.0122. The van der Waals surface area contributed by atoms with Crippen molar-refractivity contribution >= 4 is 11.9 Å². The molecule has 1 aliphatic carbocycles. The van der Waals surface area contributed by atoms with Crippen LogP contribution in [-0.2, 0) is 9.53 Å². The number of nitrogens with zero attached hydrogens (tertiary/aromatic N) is 3. The summed E-state index contributed by atoms with van der Waals surface area (Å²) in [6, 6.07) is 0.490. The summed E-state index contributed by atoms with van der Waals surface area (Å²) in [5.41, 5.74) is 0. The summed E-state index contributed by atoms with van der Waals surface area (Å²) in [6.07, 6.45) is 1.17. The third-order valence-corrected chi connectivity index (χ3v) is 4.13. The molecule has 2 fully saturated rings. The average Bonchev–Trinajstić information content (AvgIpc) is 3.20. The first kappa shape index (κ1) is 17.0. The van der Waals surface area contributed by atoms with Gasteiger partial charge in [-0.25, -0.2) is 4.99 Å². The van der Waals surface area contributed by atoms with Crippen molar-refractivity contribution in [3.05, 3.63) is 0 Å². The topological polar surface area (TPSA) is 69.2 Å². The minimum Gasteiger partial charge on any atom is -0.379 e. The van der Waals surface area contributed by atoms with E-state index in [1.165, 1.54) is 6.42 Å². The van der Waals surface area contributed by atoms with E-state index >= 15 is 0 Å². The van der Waals surface area contributed by atoms with E-state index in [4.69, 9.17) is 4.74 Å². The first-order chi connectivity index (χ1) is 10.6. The van der Waals surface area contributed by atoms with E-state index in [0.29, 0.717) is 12.0 Å². The van der Waals surface area contributed by atoms with Gasteiger partial charge in [0.05, 0.1) is 13.2 Å². The summed E-state index contributed by atoms with van der Waals surface area (Å²) < 4.78 is 5.35. The van der Waals surface area contributed by atoms with E-state index in [-0.39, 0.29) is 12.5 Å². The number of amides is 1. The lowest BCUT2D eigenvalue weighted by molar-refractivity contribution is -0.127. The highest BCUT2D eigenvalue weighted by Gasteiger charge is 2.33. The van der Waals surface area contributed by atoms with Gasteiger partial charge in [0.2, 0.25) is 5.91 Å². The normalized spacial score (nSPS) is 25.7. The predicted molar refractivity (Wildman–Crippen MR) is 87.0 cm³/mol. The zero-order valence-electron chi connectivity index (χ0n) is 14.0. The smallest absolute Gasteiger partial charge is 0.243 e. The Balaban J connectivity index is 1.76. The zero-order chi connectivity index (χ0) is 15.9. The van der Waals surface area contributed by atoms with E-state index in [1.807, 2.05) is 0 Å². The monoisotopic (exact) mass is 311 g/mol. The largest absolute Gasteiger partial charge is 0.379 e. The van der Waals surface area contributed by atoms with E-state index in [2.05, 4.69) is 27.4 Å². The number of hydrogen-bond acceptors (Lipinski definition) is 4. The first-order valence-corrected chi connectivity index (χ1v) is 8.11. The van der Waals surface area contributed by atoms with E-state index < -0.39 is 0 Å². The lowest BCUT2D eigenvalue weighted by Crippen LogP contribution is -2.45. The van der Waals surface area contributed by atoms with Gasteiger partial charge in [0.25, 0.3) is 0 Å².